The second kappa shape index (κ2) is 8.37. The molecular formula is C20H20N4O3S. The molecule has 7 nitrogen and oxygen atoms in total. The van der Waals surface area contributed by atoms with E-state index in [1.807, 2.05) is 48.5 Å². The summed E-state index contributed by atoms with van der Waals surface area (Å²) in [6.07, 6.45) is 0. The number of rotatable bonds is 5. The minimum absolute atomic E-state index is 0.203. The molecule has 1 amide bonds. The predicted molar refractivity (Wildman–Crippen MR) is 109 cm³/mol. The third-order valence-corrected chi connectivity index (χ3v) is 5.38. The lowest BCUT2D eigenvalue weighted by molar-refractivity contribution is 0.102. The Morgan fingerprint density at radius 3 is 2.46 bits per heavy atom. The number of amides is 1. The van der Waals surface area contributed by atoms with Gasteiger partial charge in [-0.1, -0.05) is 11.3 Å². The lowest BCUT2D eigenvalue weighted by Crippen LogP contribution is -2.36. The Morgan fingerprint density at radius 1 is 1.07 bits per heavy atom. The van der Waals surface area contributed by atoms with Crippen LogP contribution in [0.3, 0.4) is 0 Å². The van der Waals surface area contributed by atoms with Crippen LogP contribution in [0.25, 0.3) is 10.6 Å². The van der Waals surface area contributed by atoms with Gasteiger partial charge < -0.3 is 14.4 Å². The topological polar surface area (TPSA) is 76.6 Å². The maximum atomic E-state index is 12.5. The van der Waals surface area contributed by atoms with Gasteiger partial charge >= 0.3 is 0 Å². The number of aromatic nitrogens is 2. The minimum Gasteiger partial charge on any atom is -0.497 e. The van der Waals surface area contributed by atoms with E-state index >= 15 is 0 Å². The van der Waals surface area contributed by atoms with Crippen LogP contribution in [0.5, 0.6) is 5.75 Å². The highest BCUT2D eigenvalue weighted by atomic mass is 32.1. The lowest BCUT2D eigenvalue weighted by atomic mass is 10.2. The maximum Gasteiger partial charge on any atom is 0.257 e. The summed E-state index contributed by atoms with van der Waals surface area (Å²) < 4.78 is 10.5. The van der Waals surface area contributed by atoms with Gasteiger partial charge in [0.25, 0.3) is 5.91 Å². The molecule has 0 radical (unpaired) electrons. The fourth-order valence-corrected chi connectivity index (χ4v) is 3.68. The molecular weight excluding hydrogens is 376 g/mol. The van der Waals surface area contributed by atoms with Gasteiger partial charge in [-0.05, 0) is 48.5 Å². The Balaban J connectivity index is 1.41. The number of hydrogen-bond donors (Lipinski definition) is 1. The van der Waals surface area contributed by atoms with E-state index in [-0.39, 0.29) is 5.91 Å². The molecule has 3 aromatic rings. The molecule has 28 heavy (non-hydrogen) atoms. The minimum atomic E-state index is -0.203. The van der Waals surface area contributed by atoms with Crippen LogP contribution in [0.1, 0.15) is 10.4 Å². The summed E-state index contributed by atoms with van der Waals surface area (Å²) in [5.41, 5.74) is 2.60. The monoisotopic (exact) mass is 396 g/mol. The summed E-state index contributed by atoms with van der Waals surface area (Å²) >= 11 is 1.33. The fourth-order valence-electron chi connectivity index (χ4n) is 2.94. The number of nitrogens with zero attached hydrogens (tertiary/aromatic N) is 3. The molecule has 0 unspecified atom stereocenters. The second-order valence-corrected chi connectivity index (χ2v) is 7.22. The zero-order valence-electron chi connectivity index (χ0n) is 15.4. The number of hydrogen-bond acceptors (Lipinski definition) is 7. The lowest BCUT2D eigenvalue weighted by Gasteiger charge is -2.28. The van der Waals surface area contributed by atoms with E-state index in [4.69, 9.17) is 9.47 Å². The van der Waals surface area contributed by atoms with E-state index in [9.17, 15) is 4.79 Å². The van der Waals surface area contributed by atoms with Crippen LogP contribution in [0, 0.1) is 0 Å². The van der Waals surface area contributed by atoms with Crippen molar-refractivity contribution in [1.29, 1.82) is 0 Å². The van der Waals surface area contributed by atoms with Gasteiger partial charge in [-0.25, -0.2) is 0 Å². The first kappa shape index (κ1) is 18.4. The summed E-state index contributed by atoms with van der Waals surface area (Å²) in [5, 5.41) is 12.3. The van der Waals surface area contributed by atoms with Crippen molar-refractivity contribution in [2.24, 2.45) is 0 Å². The zero-order valence-corrected chi connectivity index (χ0v) is 16.2. The maximum absolute atomic E-state index is 12.5. The Bertz CT molecular complexity index is 935. The molecule has 144 valence electrons. The molecule has 8 heteroatoms. The van der Waals surface area contributed by atoms with Gasteiger partial charge in [0.15, 0.2) is 0 Å². The summed E-state index contributed by atoms with van der Waals surface area (Å²) in [6, 6.07) is 15.1. The first-order chi connectivity index (χ1) is 13.7. The number of nitrogens with one attached hydrogen (secondary N) is 1. The van der Waals surface area contributed by atoms with Crippen molar-refractivity contribution in [1.82, 2.24) is 10.2 Å². The van der Waals surface area contributed by atoms with Gasteiger partial charge in [-0.15, -0.1) is 10.2 Å². The molecule has 0 spiro atoms. The van der Waals surface area contributed by atoms with E-state index in [2.05, 4.69) is 20.4 Å². The van der Waals surface area contributed by atoms with Crippen LogP contribution < -0.4 is 15.0 Å². The number of carbonyl (C=O) groups is 1. The van der Waals surface area contributed by atoms with E-state index in [0.29, 0.717) is 10.7 Å². The van der Waals surface area contributed by atoms with E-state index in [1.54, 1.807) is 7.11 Å². The Labute approximate surface area is 166 Å². The predicted octanol–water partition coefficient (Wildman–Crippen LogP) is 3.30. The Morgan fingerprint density at radius 2 is 1.79 bits per heavy atom. The van der Waals surface area contributed by atoms with Crippen LogP contribution in [0.15, 0.2) is 48.5 Å². The van der Waals surface area contributed by atoms with Crippen LogP contribution in [-0.2, 0) is 4.74 Å². The quantitative estimate of drug-likeness (QED) is 0.713. The molecule has 1 saturated heterocycles. The van der Waals surface area contributed by atoms with Crippen LogP contribution in [0.4, 0.5) is 10.8 Å². The Kier molecular flexibility index (Phi) is 5.50. The highest BCUT2D eigenvalue weighted by Gasteiger charge is 2.14. The van der Waals surface area contributed by atoms with Crippen molar-refractivity contribution in [3.63, 3.8) is 0 Å². The number of ether oxygens (including phenoxy) is 2. The van der Waals surface area contributed by atoms with Crippen molar-refractivity contribution in [2.75, 3.05) is 43.6 Å². The highest BCUT2D eigenvalue weighted by molar-refractivity contribution is 7.18. The van der Waals surface area contributed by atoms with Crippen molar-refractivity contribution in [3.05, 3.63) is 54.1 Å². The number of anilines is 2. The molecule has 1 fully saturated rings. The molecule has 2 aromatic carbocycles. The molecule has 0 saturated carbocycles. The molecule has 0 aliphatic carbocycles. The molecule has 1 aliphatic heterocycles. The summed E-state index contributed by atoms with van der Waals surface area (Å²) in [6.45, 7) is 3.19. The first-order valence-corrected chi connectivity index (χ1v) is 9.76. The largest absolute Gasteiger partial charge is 0.497 e. The number of methoxy groups -OCH3 is 1. The summed E-state index contributed by atoms with van der Waals surface area (Å²) in [7, 11) is 1.63. The average Bonchev–Trinajstić information content (AvgIpc) is 3.23. The van der Waals surface area contributed by atoms with Crippen LogP contribution >= 0.6 is 11.3 Å². The van der Waals surface area contributed by atoms with Gasteiger partial charge in [0.1, 0.15) is 10.8 Å². The summed E-state index contributed by atoms with van der Waals surface area (Å²) in [4.78, 5) is 14.8. The van der Waals surface area contributed by atoms with E-state index in [1.165, 1.54) is 11.3 Å². The van der Waals surface area contributed by atoms with Crippen LogP contribution in [-0.4, -0.2) is 49.5 Å². The average molecular weight is 396 g/mol. The fraction of sp³-hybridized carbons (Fsp3) is 0.250. The third kappa shape index (κ3) is 4.13. The first-order valence-electron chi connectivity index (χ1n) is 8.95. The smallest absolute Gasteiger partial charge is 0.257 e. The van der Waals surface area contributed by atoms with Crippen molar-refractivity contribution in [3.8, 4) is 16.3 Å². The molecule has 2 heterocycles. The number of carbonyl (C=O) groups excluding carboxylic acids is 1. The number of morpholine rings is 1. The summed E-state index contributed by atoms with van der Waals surface area (Å²) in [5.74, 6) is 0.577. The second-order valence-electron chi connectivity index (χ2n) is 6.24. The third-order valence-electron chi connectivity index (χ3n) is 4.49. The normalized spacial score (nSPS) is 14.0. The van der Waals surface area contributed by atoms with Gasteiger partial charge in [0, 0.05) is 29.9 Å². The van der Waals surface area contributed by atoms with Gasteiger partial charge in [-0.3, -0.25) is 10.1 Å². The highest BCUT2D eigenvalue weighted by Crippen LogP contribution is 2.28. The van der Waals surface area contributed by atoms with E-state index < -0.39 is 0 Å². The molecule has 1 aromatic heterocycles. The standard InChI is InChI=1S/C20H20N4O3S/c1-26-17-8-4-15(5-9-17)19-22-23-20(28-19)21-18(25)14-2-6-16(7-3-14)24-10-12-27-13-11-24/h2-9H,10-13H2,1H3,(H,21,23,25). The Hall–Kier alpha value is -2.97. The van der Waals surface area contributed by atoms with Crippen molar-refractivity contribution in [2.45, 2.75) is 0 Å². The SMILES string of the molecule is COc1ccc(-c2nnc(NC(=O)c3ccc(N4CCOCC4)cc3)s2)cc1. The number of benzene rings is 2. The van der Waals surface area contributed by atoms with Gasteiger partial charge in [0.2, 0.25) is 5.13 Å². The molecule has 1 aliphatic rings. The molecule has 4 rings (SSSR count). The zero-order chi connectivity index (χ0) is 19.3. The molecule has 0 atom stereocenters. The van der Waals surface area contributed by atoms with Crippen molar-refractivity contribution >= 4 is 28.1 Å². The van der Waals surface area contributed by atoms with Gasteiger partial charge in [-0.2, -0.15) is 0 Å². The van der Waals surface area contributed by atoms with E-state index in [0.717, 1.165) is 48.3 Å². The van der Waals surface area contributed by atoms with Crippen molar-refractivity contribution < 1.29 is 14.3 Å². The molecule has 0 bridgehead atoms. The molecule has 1 N–H and O–H groups in total. The van der Waals surface area contributed by atoms with Gasteiger partial charge in [0.05, 0.1) is 20.3 Å². The van der Waals surface area contributed by atoms with Crippen LogP contribution in [0.2, 0.25) is 0 Å².